The van der Waals surface area contributed by atoms with Crippen molar-refractivity contribution in [2.75, 3.05) is 7.05 Å². The van der Waals surface area contributed by atoms with Gasteiger partial charge in [0.25, 0.3) is 0 Å². The van der Waals surface area contributed by atoms with E-state index in [-0.39, 0.29) is 17.8 Å². The van der Waals surface area contributed by atoms with Gasteiger partial charge in [-0.05, 0) is 32.9 Å². The second-order valence-corrected chi connectivity index (χ2v) is 7.13. The summed E-state index contributed by atoms with van der Waals surface area (Å²) in [6.07, 6.45) is 4.54. The Morgan fingerprint density at radius 1 is 0.960 bits per heavy atom. The minimum atomic E-state index is 0. The molecule has 0 amide bonds. The van der Waals surface area contributed by atoms with E-state index in [1.807, 2.05) is 0 Å². The van der Waals surface area contributed by atoms with E-state index in [0.717, 1.165) is 0 Å². The fourth-order valence-electron chi connectivity index (χ4n) is 3.98. The lowest BCUT2D eigenvalue weighted by molar-refractivity contribution is -0.401. The Balaban J connectivity index is 0.00000182. The zero-order valence-electron chi connectivity index (χ0n) is 15.1. The first-order valence-electron chi connectivity index (χ1n) is 8.46. The summed E-state index contributed by atoms with van der Waals surface area (Å²) in [6, 6.07) is 17.2. The molecule has 0 spiro atoms. The standard InChI is InChI=1S/C22H22N2.ClH/c1-15-16(17-9-5-7-11-19(17)23-15)13-14-21-22(2,3)18-10-6-8-12-20(18)24(21)4;/h5-14H,1-4H3;1H. The summed E-state index contributed by atoms with van der Waals surface area (Å²) >= 11 is 0. The average Bonchev–Trinajstić information content (AvgIpc) is 2.99. The molecule has 0 radical (unpaired) electrons. The predicted octanol–water partition coefficient (Wildman–Crippen LogP) is 2.20. The number of benzene rings is 2. The zero-order valence-corrected chi connectivity index (χ0v) is 15.9. The number of H-pyrrole nitrogens is 1. The molecule has 4 rings (SSSR count). The van der Waals surface area contributed by atoms with Gasteiger partial charge in [0.15, 0.2) is 5.71 Å². The van der Waals surface area contributed by atoms with Crippen molar-refractivity contribution in [3.63, 3.8) is 0 Å². The molecular weight excluding hydrogens is 328 g/mol. The summed E-state index contributed by atoms with van der Waals surface area (Å²) in [7, 11) is 2.16. The van der Waals surface area contributed by atoms with Crippen LogP contribution in [0, 0.1) is 6.92 Å². The predicted molar refractivity (Wildman–Crippen MR) is 102 cm³/mol. The molecule has 2 aromatic carbocycles. The summed E-state index contributed by atoms with van der Waals surface area (Å²) in [5.74, 6) is 0. The molecule has 0 saturated carbocycles. The molecule has 25 heavy (non-hydrogen) atoms. The van der Waals surface area contributed by atoms with Crippen molar-refractivity contribution in [1.29, 1.82) is 0 Å². The lowest BCUT2D eigenvalue weighted by Crippen LogP contribution is -3.00. The molecule has 0 bridgehead atoms. The molecule has 3 aromatic rings. The average molecular weight is 351 g/mol. The van der Waals surface area contributed by atoms with Gasteiger partial charge in [-0.15, -0.1) is 0 Å². The van der Waals surface area contributed by atoms with E-state index in [9.17, 15) is 0 Å². The molecule has 2 nitrogen and oxygen atoms in total. The highest BCUT2D eigenvalue weighted by atomic mass is 35.5. The number of aromatic amines is 1. The smallest absolute Gasteiger partial charge is 0.209 e. The Morgan fingerprint density at radius 3 is 2.40 bits per heavy atom. The number of rotatable bonds is 2. The van der Waals surface area contributed by atoms with Crippen LogP contribution in [0.15, 0.2) is 54.6 Å². The fraction of sp³-hybridized carbons (Fsp3) is 0.227. The monoisotopic (exact) mass is 350 g/mol. The molecule has 1 aromatic heterocycles. The third-order valence-corrected chi connectivity index (χ3v) is 5.29. The highest BCUT2D eigenvalue weighted by Crippen LogP contribution is 2.39. The third-order valence-electron chi connectivity index (χ3n) is 5.29. The first-order chi connectivity index (χ1) is 11.5. The van der Waals surface area contributed by atoms with Gasteiger partial charge in [0.05, 0.1) is 5.41 Å². The number of allylic oxidation sites excluding steroid dienone is 1. The highest BCUT2D eigenvalue weighted by Gasteiger charge is 2.42. The van der Waals surface area contributed by atoms with Crippen LogP contribution in [0.5, 0.6) is 0 Å². The maximum atomic E-state index is 3.48. The summed E-state index contributed by atoms with van der Waals surface area (Å²) in [5.41, 5.74) is 7.72. The maximum absolute atomic E-state index is 3.48. The Kier molecular flexibility index (Phi) is 4.34. The van der Waals surface area contributed by atoms with Gasteiger partial charge in [0.1, 0.15) is 7.05 Å². The normalized spacial score (nSPS) is 15.7. The van der Waals surface area contributed by atoms with Crippen LogP contribution >= 0.6 is 0 Å². The summed E-state index contributed by atoms with van der Waals surface area (Å²) in [6.45, 7) is 6.75. The SMILES string of the molecule is Cc1[nH]c2ccccc2c1C=CC1=[N+](C)c2ccccc2C1(C)C.[Cl-]. The first kappa shape index (κ1) is 17.5. The van der Waals surface area contributed by atoms with E-state index in [1.165, 1.54) is 39.1 Å². The number of fused-ring (bicyclic) bond motifs is 2. The van der Waals surface area contributed by atoms with E-state index in [4.69, 9.17) is 0 Å². The van der Waals surface area contributed by atoms with Gasteiger partial charge < -0.3 is 17.4 Å². The second kappa shape index (κ2) is 6.20. The minimum absolute atomic E-state index is 0. The fourth-order valence-corrected chi connectivity index (χ4v) is 3.98. The van der Waals surface area contributed by atoms with E-state index in [1.54, 1.807) is 0 Å². The molecule has 1 aliphatic rings. The van der Waals surface area contributed by atoms with Crippen molar-refractivity contribution in [2.24, 2.45) is 0 Å². The summed E-state index contributed by atoms with van der Waals surface area (Å²) in [4.78, 5) is 3.48. The molecule has 0 atom stereocenters. The van der Waals surface area contributed by atoms with Crippen LogP contribution in [-0.2, 0) is 5.41 Å². The number of halogens is 1. The summed E-state index contributed by atoms with van der Waals surface area (Å²) < 4.78 is 2.32. The zero-order chi connectivity index (χ0) is 16.9. The molecular formula is C22H23ClN2. The largest absolute Gasteiger partial charge is 1.00 e. The third kappa shape index (κ3) is 2.61. The Bertz CT molecular complexity index is 1010. The van der Waals surface area contributed by atoms with Crippen molar-refractivity contribution < 1.29 is 17.0 Å². The number of hydrogen-bond donors (Lipinski definition) is 1. The van der Waals surface area contributed by atoms with Crippen molar-refractivity contribution in [1.82, 2.24) is 4.98 Å². The van der Waals surface area contributed by atoms with Gasteiger partial charge in [-0.2, -0.15) is 4.58 Å². The maximum Gasteiger partial charge on any atom is 0.209 e. The molecule has 1 aliphatic heterocycles. The number of aromatic nitrogens is 1. The Labute approximate surface area is 155 Å². The van der Waals surface area contributed by atoms with E-state index in [2.05, 4.69) is 98.1 Å². The van der Waals surface area contributed by atoms with Crippen LogP contribution in [0.3, 0.4) is 0 Å². The number of hydrogen-bond acceptors (Lipinski definition) is 0. The van der Waals surface area contributed by atoms with Gasteiger partial charge in [0.2, 0.25) is 5.69 Å². The van der Waals surface area contributed by atoms with E-state index in [0.29, 0.717) is 0 Å². The highest BCUT2D eigenvalue weighted by molar-refractivity contribution is 6.06. The van der Waals surface area contributed by atoms with E-state index < -0.39 is 0 Å². The number of nitrogens with one attached hydrogen (secondary N) is 1. The van der Waals surface area contributed by atoms with Crippen LogP contribution in [0.4, 0.5) is 5.69 Å². The van der Waals surface area contributed by atoms with Crippen molar-refractivity contribution in [2.45, 2.75) is 26.2 Å². The van der Waals surface area contributed by atoms with Gasteiger partial charge >= 0.3 is 0 Å². The molecule has 0 aliphatic carbocycles. The van der Waals surface area contributed by atoms with Crippen molar-refractivity contribution in [3.05, 3.63) is 71.4 Å². The number of para-hydroxylation sites is 2. The van der Waals surface area contributed by atoms with Crippen LogP contribution < -0.4 is 12.4 Å². The topological polar surface area (TPSA) is 18.8 Å². The number of aryl methyl sites for hydroxylation is 1. The quantitative estimate of drug-likeness (QED) is 0.683. The molecule has 0 saturated heterocycles. The van der Waals surface area contributed by atoms with Crippen molar-refractivity contribution in [3.8, 4) is 0 Å². The first-order valence-corrected chi connectivity index (χ1v) is 8.46. The van der Waals surface area contributed by atoms with Gasteiger partial charge in [-0.25, -0.2) is 0 Å². The van der Waals surface area contributed by atoms with Gasteiger partial charge in [0, 0.05) is 39.9 Å². The molecule has 0 fully saturated rings. The molecule has 2 heterocycles. The number of nitrogens with zero attached hydrogens (tertiary/aromatic N) is 1. The van der Waals surface area contributed by atoms with Gasteiger partial charge in [-0.1, -0.05) is 36.4 Å². The van der Waals surface area contributed by atoms with Crippen molar-refractivity contribution >= 4 is 28.4 Å². The molecule has 128 valence electrons. The summed E-state index contributed by atoms with van der Waals surface area (Å²) in [5, 5.41) is 1.28. The molecule has 1 N–H and O–H groups in total. The molecule has 3 heteroatoms. The van der Waals surface area contributed by atoms with E-state index >= 15 is 0 Å². The lowest BCUT2D eigenvalue weighted by Gasteiger charge is -2.15. The van der Waals surface area contributed by atoms with Crippen LogP contribution in [0.1, 0.15) is 30.7 Å². The second-order valence-electron chi connectivity index (χ2n) is 7.13. The Hall–Kier alpha value is -2.32. The molecule has 0 unspecified atom stereocenters. The lowest BCUT2D eigenvalue weighted by atomic mass is 9.81. The van der Waals surface area contributed by atoms with Crippen LogP contribution in [0.25, 0.3) is 17.0 Å². The van der Waals surface area contributed by atoms with Crippen LogP contribution in [0.2, 0.25) is 0 Å². The van der Waals surface area contributed by atoms with Crippen LogP contribution in [-0.4, -0.2) is 22.3 Å². The Morgan fingerprint density at radius 2 is 1.64 bits per heavy atom. The minimum Gasteiger partial charge on any atom is -1.00 e. The van der Waals surface area contributed by atoms with Gasteiger partial charge in [-0.3, -0.25) is 0 Å².